The van der Waals surface area contributed by atoms with E-state index in [4.69, 9.17) is 4.74 Å². The molecular weight excluding hydrogens is 356 g/mol. The lowest BCUT2D eigenvalue weighted by Gasteiger charge is -2.08. The Morgan fingerprint density at radius 2 is 0.862 bits per heavy atom. The topological polar surface area (TPSA) is 26.3 Å². The van der Waals surface area contributed by atoms with Crippen LogP contribution in [0.15, 0.2) is 97.1 Å². The van der Waals surface area contributed by atoms with Crippen molar-refractivity contribution in [2.75, 3.05) is 0 Å². The van der Waals surface area contributed by atoms with Gasteiger partial charge in [-0.2, -0.15) is 0 Å². The molecular formula is C27H22O2. The summed E-state index contributed by atoms with van der Waals surface area (Å²) in [7, 11) is 0. The fourth-order valence-corrected chi connectivity index (χ4v) is 3.17. The van der Waals surface area contributed by atoms with E-state index in [1.807, 2.05) is 43.3 Å². The number of carbonyl (C=O) groups excluding carboxylic acids is 1. The van der Waals surface area contributed by atoms with Crippen LogP contribution in [0.25, 0.3) is 22.3 Å². The Hall–Kier alpha value is -3.65. The summed E-state index contributed by atoms with van der Waals surface area (Å²) in [5.41, 5.74) is 7.52. The zero-order valence-electron chi connectivity index (χ0n) is 16.6. The number of rotatable bonds is 4. The summed E-state index contributed by atoms with van der Waals surface area (Å²) in [6, 6.07) is 32.0. The first-order valence-electron chi connectivity index (χ1n) is 9.65. The van der Waals surface area contributed by atoms with E-state index in [-0.39, 0.29) is 5.97 Å². The molecule has 0 bridgehead atoms. The second kappa shape index (κ2) is 8.15. The molecule has 0 saturated heterocycles. The van der Waals surface area contributed by atoms with E-state index in [0.717, 1.165) is 16.7 Å². The smallest absolute Gasteiger partial charge is 0.343 e. The van der Waals surface area contributed by atoms with E-state index in [9.17, 15) is 4.79 Å². The maximum atomic E-state index is 12.3. The van der Waals surface area contributed by atoms with Crippen LogP contribution in [0.3, 0.4) is 0 Å². The molecule has 0 aromatic heterocycles. The third-order valence-electron chi connectivity index (χ3n) is 4.96. The molecule has 0 saturated carbocycles. The second-order valence-corrected chi connectivity index (χ2v) is 7.22. The lowest BCUT2D eigenvalue weighted by atomic mass is 10.00. The van der Waals surface area contributed by atoms with Crippen molar-refractivity contribution >= 4 is 5.97 Å². The van der Waals surface area contributed by atoms with Crippen LogP contribution < -0.4 is 4.74 Å². The summed E-state index contributed by atoms with van der Waals surface area (Å²) < 4.78 is 5.48. The van der Waals surface area contributed by atoms with Crippen LogP contribution in [0.5, 0.6) is 5.75 Å². The van der Waals surface area contributed by atoms with E-state index < -0.39 is 0 Å². The van der Waals surface area contributed by atoms with Gasteiger partial charge in [0.1, 0.15) is 5.75 Å². The SMILES string of the molecule is Cc1ccc(C(=O)Oc2ccc(-c3ccc(-c4ccc(C)cc4)cc3)cc2)cc1. The number of carbonyl (C=O) groups is 1. The van der Waals surface area contributed by atoms with Gasteiger partial charge >= 0.3 is 5.97 Å². The standard InChI is InChI=1S/C27H22O2/c1-19-3-7-21(8-4-19)22-11-13-23(14-12-22)24-15-17-26(18-16-24)29-27(28)25-9-5-20(2)6-10-25/h3-18H,1-2H3. The van der Waals surface area contributed by atoms with Gasteiger partial charge in [-0.05, 0) is 60.4 Å². The molecule has 0 spiro atoms. The van der Waals surface area contributed by atoms with Crippen LogP contribution in [-0.4, -0.2) is 5.97 Å². The first kappa shape index (κ1) is 18.7. The molecule has 0 aliphatic rings. The Bertz CT molecular complexity index is 1110. The van der Waals surface area contributed by atoms with Crippen LogP contribution in [0.2, 0.25) is 0 Å². The normalized spacial score (nSPS) is 10.6. The van der Waals surface area contributed by atoms with Crippen molar-refractivity contribution < 1.29 is 9.53 Å². The lowest BCUT2D eigenvalue weighted by Crippen LogP contribution is -2.08. The summed E-state index contributed by atoms with van der Waals surface area (Å²) in [6.45, 7) is 4.08. The van der Waals surface area contributed by atoms with Crippen molar-refractivity contribution in [1.82, 2.24) is 0 Å². The molecule has 2 heteroatoms. The van der Waals surface area contributed by atoms with Gasteiger partial charge in [0.15, 0.2) is 0 Å². The maximum absolute atomic E-state index is 12.3. The highest BCUT2D eigenvalue weighted by molar-refractivity contribution is 5.91. The van der Waals surface area contributed by atoms with Gasteiger partial charge in [0.25, 0.3) is 0 Å². The zero-order chi connectivity index (χ0) is 20.2. The fraction of sp³-hybridized carbons (Fsp3) is 0.0741. The van der Waals surface area contributed by atoms with Crippen molar-refractivity contribution in [1.29, 1.82) is 0 Å². The zero-order valence-corrected chi connectivity index (χ0v) is 16.6. The minimum absolute atomic E-state index is 0.347. The second-order valence-electron chi connectivity index (χ2n) is 7.22. The summed E-state index contributed by atoms with van der Waals surface area (Å²) in [6.07, 6.45) is 0. The molecule has 0 atom stereocenters. The number of esters is 1. The van der Waals surface area contributed by atoms with Gasteiger partial charge in [-0.1, -0.05) is 83.9 Å². The molecule has 0 heterocycles. The molecule has 4 rings (SSSR count). The summed E-state index contributed by atoms with van der Waals surface area (Å²) in [5, 5.41) is 0. The lowest BCUT2D eigenvalue weighted by molar-refractivity contribution is 0.0735. The van der Waals surface area contributed by atoms with Gasteiger partial charge < -0.3 is 4.74 Å². The average molecular weight is 378 g/mol. The van der Waals surface area contributed by atoms with Crippen LogP contribution in [0.4, 0.5) is 0 Å². The minimum atomic E-state index is -0.347. The van der Waals surface area contributed by atoms with E-state index in [0.29, 0.717) is 11.3 Å². The first-order chi connectivity index (χ1) is 14.1. The minimum Gasteiger partial charge on any atom is -0.423 e. The summed E-state index contributed by atoms with van der Waals surface area (Å²) >= 11 is 0. The Kier molecular flexibility index (Phi) is 5.26. The molecule has 0 unspecified atom stereocenters. The molecule has 0 aliphatic carbocycles. The highest BCUT2D eigenvalue weighted by atomic mass is 16.5. The molecule has 4 aromatic carbocycles. The van der Waals surface area contributed by atoms with Crippen molar-refractivity contribution in [2.24, 2.45) is 0 Å². The van der Waals surface area contributed by atoms with Crippen molar-refractivity contribution in [2.45, 2.75) is 13.8 Å². The quantitative estimate of drug-likeness (QED) is 0.286. The van der Waals surface area contributed by atoms with Crippen molar-refractivity contribution in [3.8, 4) is 28.0 Å². The third kappa shape index (κ3) is 4.44. The molecule has 29 heavy (non-hydrogen) atoms. The van der Waals surface area contributed by atoms with Crippen molar-refractivity contribution in [3.63, 3.8) is 0 Å². The maximum Gasteiger partial charge on any atom is 0.343 e. The van der Waals surface area contributed by atoms with Crippen LogP contribution >= 0.6 is 0 Å². The number of benzene rings is 4. The number of hydrogen-bond acceptors (Lipinski definition) is 2. The number of aryl methyl sites for hydroxylation is 2. The van der Waals surface area contributed by atoms with E-state index >= 15 is 0 Å². The molecule has 0 fully saturated rings. The molecule has 142 valence electrons. The largest absolute Gasteiger partial charge is 0.423 e. The molecule has 2 nitrogen and oxygen atoms in total. The first-order valence-corrected chi connectivity index (χ1v) is 9.65. The fourth-order valence-electron chi connectivity index (χ4n) is 3.17. The van der Waals surface area contributed by atoms with Gasteiger partial charge in [-0.15, -0.1) is 0 Å². The van der Waals surface area contributed by atoms with Gasteiger partial charge in [-0.25, -0.2) is 4.79 Å². The number of hydrogen-bond donors (Lipinski definition) is 0. The van der Waals surface area contributed by atoms with Crippen LogP contribution in [0.1, 0.15) is 21.5 Å². The van der Waals surface area contributed by atoms with Crippen molar-refractivity contribution in [3.05, 3.63) is 114 Å². The van der Waals surface area contributed by atoms with Gasteiger partial charge in [-0.3, -0.25) is 0 Å². The molecule has 0 aliphatic heterocycles. The molecule has 0 amide bonds. The third-order valence-corrected chi connectivity index (χ3v) is 4.96. The van der Waals surface area contributed by atoms with E-state index in [1.165, 1.54) is 16.7 Å². The highest BCUT2D eigenvalue weighted by Gasteiger charge is 2.08. The average Bonchev–Trinajstić information content (AvgIpc) is 2.75. The molecule has 0 N–H and O–H groups in total. The molecule has 4 aromatic rings. The van der Waals surface area contributed by atoms with Gasteiger partial charge in [0.05, 0.1) is 5.56 Å². The van der Waals surface area contributed by atoms with Crippen LogP contribution in [0, 0.1) is 13.8 Å². The predicted molar refractivity (Wildman–Crippen MR) is 118 cm³/mol. The Morgan fingerprint density at radius 1 is 0.517 bits per heavy atom. The highest BCUT2D eigenvalue weighted by Crippen LogP contribution is 2.26. The Morgan fingerprint density at radius 3 is 1.31 bits per heavy atom. The molecule has 0 radical (unpaired) electrons. The summed E-state index contributed by atoms with van der Waals surface area (Å²) in [4.78, 5) is 12.3. The van der Waals surface area contributed by atoms with Crippen LogP contribution in [-0.2, 0) is 0 Å². The monoisotopic (exact) mass is 378 g/mol. The Balaban J connectivity index is 1.46. The van der Waals surface area contributed by atoms with Gasteiger partial charge in [0.2, 0.25) is 0 Å². The Labute approximate surface area is 171 Å². The van der Waals surface area contributed by atoms with E-state index in [2.05, 4.69) is 55.5 Å². The summed E-state index contributed by atoms with van der Waals surface area (Å²) in [5.74, 6) is 0.191. The number of ether oxygens (including phenoxy) is 1. The van der Waals surface area contributed by atoms with Gasteiger partial charge in [0, 0.05) is 0 Å². The predicted octanol–water partition coefficient (Wildman–Crippen LogP) is 6.86. The van der Waals surface area contributed by atoms with E-state index in [1.54, 1.807) is 12.1 Å².